The summed E-state index contributed by atoms with van der Waals surface area (Å²) in [6.07, 6.45) is 3.05. The van der Waals surface area contributed by atoms with E-state index in [1.165, 1.54) is 19.2 Å². The molecule has 15 heteroatoms. The fourth-order valence-corrected chi connectivity index (χ4v) is 5.86. The largest absolute Gasteiger partial charge is 0.460 e. The maximum Gasteiger partial charge on any atom is 0.333 e. The lowest BCUT2D eigenvalue weighted by Gasteiger charge is -2.34. The first kappa shape index (κ1) is 27.9. The molecule has 200 valence electrons. The van der Waals surface area contributed by atoms with Gasteiger partial charge >= 0.3 is 12.5 Å². The number of aryl methyl sites for hydroxylation is 1. The van der Waals surface area contributed by atoms with Crippen LogP contribution in [0.2, 0.25) is 0 Å². The van der Waals surface area contributed by atoms with Crippen LogP contribution in [-0.4, -0.2) is 62.6 Å². The molecule has 3 heterocycles. The van der Waals surface area contributed by atoms with Gasteiger partial charge in [0.2, 0.25) is 0 Å². The van der Waals surface area contributed by atoms with Crippen molar-refractivity contribution >= 4 is 31.8 Å². The standard InChI is InChI=1S/C21H28F2N4O7S2/c1-13-18(11-26(25-13)20(22)23)36(31,32)27-10-15(12-33-35(5,29)30)6-16-17(27)7-14(9-24-16)8-19(28)34-21(2,3)4/h7,9,11,15,20H,6,8,10,12H2,1-5H3/t15-/m1/s1. The number of carbonyl (C=O) groups is 1. The first-order chi connectivity index (χ1) is 16.5. The summed E-state index contributed by atoms with van der Waals surface area (Å²) in [5.41, 5.74) is -0.00329. The fraction of sp³-hybridized carbons (Fsp3) is 0.571. The van der Waals surface area contributed by atoms with Gasteiger partial charge in [0, 0.05) is 18.7 Å². The smallest absolute Gasteiger partial charge is 0.333 e. The minimum atomic E-state index is -4.42. The first-order valence-corrected chi connectivity index (χ1v) is 14.1. The van der Waals surface area contributed by atoms with Gasteiger partial charge in [-0.1, -0.05) is 0 Å². The molecule has 1 aliphatic heterocycles. The zero-order valence-corrected chi connectivity index (χ0v) is 22.1. The number of carbonyl (C=O) groups excluding carboxylic acids is 1. The van der Waals surface area contributed by atoms with Crippen molar-refractivity contribution in [3.05, 3.63) is 35.4 Å². The van der Waals surface area contributed by atoms with E-state index < -0.39 is 49.1 Å². The average molecular weight is 551 g/mol. The number of hydrogen-bond acceptors (Lipinski definition) is 9. The van der Waals surface area contributed by atoms with Crippen LogP contribution in [0.4, 0.5) is 14.5 Å². The predicted octanol–water partition coefficient (Wildman–Crippen LogP) is 2.21. The molecule has 0 bridgehead atoms. The van der Waals surface area contributed by atoms with Crippen molar-refractivity contribution in [2.45, 2.75) is 57.6 Å². The summed E-state index contributed by atoms with van der Waals surface area (Å²) in [7, 11) is -8.21. The van der Waals surface area contributed by atoms with Crippen molar-refractivity contribution in [2.24, 2.45) is 5.92 Å². The van der Waals surface area contributed by atoms with Crippen molar-refractivity contribution in [1.82, 2.24) is 14.8 Å². The second kappa shape index (κ2) is 10.0. The molecule has 3 rings (SSSR count). The van der Waals surface area contributed by atoms with E-state index in [1.807, 2.05) is 0 Å². The number of rotatable bonds is 8. The van der Waals surface area contributed by atoms with Gasteiger partial charge in [-0.15, -0.1) is 0 Å². The number of pyridine rings is 1. The number of alkyl halides is 2. The van der Waals surface area contributed by atoms with Crippen LogP contribution >= 0.6 is 0 Å². The lowest BCUT2D eigenvalue weighted by atomic mass is 9.97. The Bertz CT molecular complexity index is 1350. The van der Waals surface area contributed by atoms with Crippen molar-refractivity contribution < 1.29 is 39.3 Å². The molecule has 0 N–H and O–H groups in total. The van der Waals surface area contributed by atoms with Gasteiger partial charge in [0.05, 0.1) is 42.6 Å². The minimum Gasteiger partial charge on any atom is -0.460 e. The van der Waals surface area contributed by atoms with Gasteiger partial charge in [0.25, 0.3) is 20.1 Å². The highest BCUT2D eigenvalue weighted by Gasteiger charge is 2.37. The van der Waals surface area contributed by atoms with Crippen LogP contribution < -0.4 is 4.31 Å². The summed E-state index contributed by atoms with van der Waals surface area (Å²) < 4.78 is 87.9. The Kier molecular flexibility index (Phi) is 7.77. The third-order valence-corrected chi connectivity index (χ3v) is 7.55. The highest BCUT2D eigenvalue weighted by molar-refractivity contribution is 7.92. The summed E-state index contributed by atoms with van der Waals surface area (Å²) in [5.74, 6) is -1.14. The van der Waals surface area contributed by atoms with Crippen molar-refractivity contribution in [1.29, 1.82) is 0 Å². The molecule has 2 aromatic heterocycles. The monoisotopic (exact) mass is 550 g/mol. The van der Waals surface area contributed by atoms with E-state index in [0.717, 1.165) is 16.8 Å². The van der Waals surface area contributed by atoms with E-state index in [9.17, 15) is 30.4 Å². The fourth-order valence-electron chi connectivity index (χ4n) is 3.70. The Morgan fingerprint density at radius 1 is 1.25 bits per heavy atom. The molecule has 0 unspecified atom stereocenters. The lowest BCUT2D eigenvalue weighted by molar-refractivity contribution is -0.153. The van der Waals surface area contributed by atoms with E-state index in [4.69, 9.17) is 8.92 Å². The third kappa shape index (κ3) is 6.76. The molecule has 11 nitrogen and oxygen atoms in total. The van der Waals surface area contributed by atoms with Crippen molar-refractivity contribution in [3.8, 4) is 0 Å². The Morgan fingerprint density at radius 3 is 2.47 bits per heavy atom. The Morgan fingerprint density at radius 2 is 1.92 bits per heavy atom. The van der Waals surface area contributed by atoms with Gasteiger partial charge in [-0.25, -0.2) is 13.1 Å². The van der Waals surface area contributed by atoms with E-state index in [1.54, 1.807) is 20.8 Å². The molecular formula is C21H28F2N4O7S2. The van der Waals surface area contributed by atoms with E-state index in [2.05, 4.69) is 10.1 Å². The number of hydrogen-bond donors (Lipinski definition) is 0. The second-order valence-corrected chi connectivity index (χ2v) is 13.0. The lowest BCUT2D eigenvalue weighted by Crippen LogP contribution is -2.42. The topological polar surface area (TPSA) is 138 Å². The molecule has 1 aliphatic rings. The number of nitrogens with zero attached hydrogens (tertiary/aromatic N) is 4. The predicted molar refractivity (Wildman–Crippen MR) is 125 cm³/mol. The summed E-state index contributed by atoms with van der Waals surface area (Å²) >= 11 is 0. The van der Waals surface area contributed by atoms with Gasteiger partial charge in [-0.05, 0) is 45.7 Å². The van der Waals surface area contributed by atoms with E-state index >= 15 is 0 Å². The van der Waals surface area contributed by atoms with Gasteiger partial charge in [0.15, 0.2) is 0 Å². The highest BCUT2D eigenvalue weighted by Crippen LogP contribution is 2.35. The second-order valence-electron chi connectivity index (χ2n) is 9.50. The molecule has 0 aromatic carbocycles. The molecule has 0 fully saturated rings. The molecule has 2 aromatic rings. The van der Waals surface area contributed by atoms with Crippen LogP contribution in [0, 0.1) is 12.8 Å². The maximum absolute atomic E-state index is 13.6. The summed E-state index contributed by atoms with van der Waals surface area (Å²) in [6, 6.07) is 1.48. The van der Waals surface area contributed by atoms with Crippen molar-refractivity contribution in [2.75, 3.05) is 23.7 Å². The average Bonchev–Trinajstić information content (AvgIpc) is 3.12. The zero-order valence-electron chi connectivity index (χ0n) is 20.4. The molecule has 1 atom stereocenters. The Hall–Kier alpha value is -2.65. The maximum atomic E-state index is 13.6. The number of sulfonamides is 1. The van der Waals surface area contributed by atoms with Crippen LogP contribution in [0.3, 0.4) is 0 Å². The van der Waals surface area contributed by atoms with Crippen LogP contribution in [-0.2, 0) is 46.7 Å². The van der Waals surface area contributed by atoms with Crippen LogP contribution in [0.25, 0.3) is 0 Å². The van der Waals surface area contributed by atoms with Gasteiger partial charge in [-0.2, -0.15) is 22.3 Å². The number of aromatic nitrogens is 3. The molecule has 0 aliphatic carbocycles. The normalized spacial score (nSPS) is 16.8. The molecule has 0 amide bonds. The summed E-state index contributed by atoms with van der Waals surface area (Å²) in [4.78, 5) is 16.2. The zero-order chi connectivity index (χ0) is 27.1. The van der Waals surface area contributed by atoms with Gasteiger partial charge in [0.1, 0.15) is 10.5 Å². The first-order valence-electron chi connectivity index (χ1n) is 10.9. The van der Waals surface area contributed by atoms with Gasteiger partial charge in [-0.3, -0.25) is 18.3 Å². The minimum absolute atomic E-state index is 0.135. The third-order valence-electron chi connectivity index (χ3n) is 5.10. The highest BCUT2D eigenvalue weighted by atomic mass is 32.2. The number of halogens is 2. The summed E-state index contributed by atoms with van der Waals surface area (Å²) in [5, 5.41) is 3.59. The molecule has 36 heavy (non-hydrogen) atoms. The van der Waals surface area contributed by atoms with Gasteiger partial charge < -0.3 is 4.74 Å². The number of ether oxygens (including phenoxy) is 1. The number of anilines is 1. The van der Waals surface area contributed by atoms with E-state index in [0.29, 0.717) is 11.3 Å². The van der Waals surface area contributed by atoms with Crippen LogP contribution in [0.5, 0.6) is 0 Å². The number of fused-ring (bicyclic) bond motifs is 1. The Labute approximate surface area is 208 Å². The molecule has 0 radical (unpaired) electrons. The van der Waals surface area contributed by atoms with Crippen LogP contribution in [0.1, 0.15) is 44.3 Å². The molecular weight excluding hydrogens is 522 g/mol. The Balaban J connectivity index is 2.03. The molecule has 0 spiro atoms. The molecule has 0 saturated carbocycles. The SMILES string of the molecule is Cc1nn(C(F)F)cc1S(=O)(=O)N1C[C@H](COS(C)(=O)=O)Cc2ncc(CC(=O)OC(C)(C)C)cc21. The summed E-state index contributed by atoms with van der Waals surface area (Å²) in [6.45, 7) is 2.88. The molecule has 0 saturated heterocycles. The van der Waals surface area contributed by atoms with Crippen molar-refractivity contribution in [3.63, 3.8) is 0 Å². The number of esters is 1. The quantitative estimate of drug-likeness (QED) is 0.358. The van der Waals surface area contributed by atoms with E-state index in [-0.39, 0.29) is 42.1 Å². The van der Waals surface area contributed by atoms with Crippen LogP contribution in [0.15, 0.2) is 23.4 Å².